The number of hydrogen-bond acceptors (Lipinski definition) is 7. The van der Waals surface area contributed by atoms with Gasteiger partial charge in [0.25, 0.3) is 0 Å². The molecule has 0 bridgehead atoms. The van der Waals surface area contributed by atoms with Crippen LogP contribution in [0.25, 0.3) is 11.2 Å². The van der Waals surface area contributed by atoms with Crippen molar-refractivity contribution in [1.82, 2.24) is 29.7 Å². The van der Waals surface area contributed by atoms with Crippen molar-refractivity contribution in [2.45, 2.75) is 6.42 Å². The van der Waals surface area contributed by atoms with Gasteiger partial charge in [-0.1, -0.05) is 0 Å². The molecule has 2 aliphatic rings. The SMILES string of the molecule is O=C(CN1CCOC1=O)N1CCCN(c2ncnc3nc[nH]c23)CC1. The fraction of sp³-hybridized carbons (Fsp3) is 0.533. The lowest BCUT2D eigenvalue weighted by Crippen LogP contribution is -2.42. The molecule has 10 nitrogen and oxygen atoms in total. The second-order valence-electron chi connectivity index (χ2n) is 6.06. The fourth-order valence-electron chi connectivity index (χ4n) is 3.20. The number of nitrogens with one attached hydrogen (secondary N) is 1. The van der Waals surface area contributed by atoms with Gasteiger partial charge >= 0.3 is 6.09 Å². The minimum absolute atomic E-state index is 0.0462. The lowest BCUT2D eigenvalue weighted by Gasteiger charge is -2.24. The monoisotopic (exact) mass is 345 g/mol. The van der Waals surface area contributed by atoms with Crippen LogP contribution in [0.5, 0.6) is 0 Å². The number of anilines is 1. The highest BCUT2D eigenvalue weighted by Gasteiger charge is 2.28. The summed E-state index contributed by atoms with van der Waals surface area (Å²) < 4.78 is 4.87. The highest BCUT2D eigenvalue weighted by atomic mass is 16.6. The van der Waals surface area contributed by atoms with Crippen molar-refractivity contribution in [3.63, 3.8) is 0 Å². The number of amides is 2. The molecule has 0 saturated carbocycles. The maximum atomic E-state index is 12.5. The first-order valence-corrected chi connectivity index (χ1v) is 8.31. The smallest absolute Gasteiger partial charge is 0.410 e. The molecule has 2 saturated heterocycles. The Balaban J connectivity index is 1.42. The van der Waals surface area contributed by atoms with E-state index in [-0.39, 0.29) is 12.5 Å². The Morgan fingerprint density at radius 1 is 1.16 bits per heavy atom. The van der Waals surface area contributed by atoms with Gasteiger partial charge < -0.3 is 19.5 Å². The van der Waals surface area contributed by atoms with Crippen molar-refractivity contribution in [3.05, 3.63) is 12.7 Å². The summed E-state index contributed by atoms with van der Waals surface area (Å²) in [5.41, 5.74) is 1.44. The summed E-state index contributed by atoms with van der Waals surface area (Å²) in [6, 6.07) is 0. The molecule has 0 spiro atoms. The molecular formula is C15H19N7O3. The highest BCUT2D eigenvalue weighted by molar-refractivity contribution is 5.84. The number of carbonyl (C=O) groups excluding carboxylic acids is 2. The standard InChI is InChI=1S/C15H19N7O3/c23-11(8-22-6-7-25-15(22)24)20-2-1-3-21(5-4-20)14-12-13(17-9-16-12)18-10-19-14/h9-10H,1-8H2,(H,16,17,18,19). The van der Waals surface area contributed by atoms with E-state index < -0.39 is 6.09 Å². The minimum atomic E-state index is -0.410. The minimum Gasteiger partial charge on any atom is -0.448 e. The van der Waals surface area contributed by atoms with Gasteiger partial charge in [-0.2, -0.15) is 0 Å². The number of aromatic amines is 1. The first kappa shape index (κ1) is 15.6. The van der Waals surface area contributed by atoms with E-state index in [1.54, 1.807) is 11.2 Å². The zero-order chi connectivity index (χ0) is 17.2. The molecule has 0 atom stereocenters. The van der Waals surface area contributed by atoms with Crippen molar-refractivity contribution in [2.75, 3.05) is 50.8 Å². The van der Waals surface area contributed by atoms with E-state index in [4.69, 9.17) is 4.74 Å². The highest BCUT2D eigenvalue weighted by Crippen LogP contribution is 2.21. The average Bonchev–Trinajstić information content (AvgIpc) is 3.17. The van der Waals surface area contributed by atoms with E-state index >= 15 is 0 Å². The summed E-state index contributed by atoms with van der Waals surface area (Å²) in [5, 5.41) is 0. The molecule has 0 aromatic carbocycles. The first-order chi connectivity index (χ1) is 12.2. The van der Waals surface area contributed by atoms with Gasteiger partial charge in [-0.05, 0) is 6.42 Å². The Labute approximate surface area is 143 Å². The molecule has 0 unspecified atom stereocenters. The normalized spacial score (nSPS) is 18.6. The summed E-state index contributed by atoms with van der Waals surface area (Å²) in [4.78, 5) is 45.1. The van der Waals surface area contributed by atoms with Gasteiger partial charge in [-0.3, -0.25) is 9.69 Å². The summed E-state index contributed by atoms with van der Waals surface area (Å²) >= 11 is 0. The summed E-state index contributed by atoms with van der Waals surface area (Å²) in [6.45, 7) is 3.62. The Morgan fingerprint density at radius 2 is 2.08 bits per heavy atom. The predicted molar refractivity (Wildman–Crippen MR) is 88.0 cm³/mol. The van der Waals surface area contributed by atoms with Gasteiger partial charge in [0.15, 0.2) is 11.5 Å². The average molecular weight is 345 g/mol. The number of ether oxygens (including phenoxy) is 1. The third-order valence-electron chi connectivity index (χ3n) is 4.52. The third kappa shape index (κ3) is 3.06. The zero-order valence-corrected chi connectivity index (χ0v) is 13.7. The lowest BCUT2D eigenvalue weighted by molar-refractivity contribution is -0.131. The third-order valence-corrected chi connectivity index (χ3v) is 4.52. The number of aromatic nitrogens is 4. The van der Waals surface area contributed by atoms with Gasteiger partial charge in [0.1, 0.15) is 25.0 Å². The van der Waals surface area contributed by atoms with Gasteiger partial charge in [0.2, 0.25) is 5.91 Å². The van der Waals surface area contributed by atoms with E-state index in [1.807, 2.05) is 0 Å². The fourth-order valence-corrected chi connectivity index (χ4v) is 3.20. The largest absolute Gasteiger partial charge is 0.448 e. The summed E-state index contributed by atoms with van der Waals surface area (Å²) in [7, 11) is 0. The summed E-state index contributed by atoms with van der Waals surface area (Å²) in [6.07, 6.45) is 3.53. The maximum Gasteiger partial charge on any atom is 0.410 e. The molecule has 2 aromatic rings. The number of fused-ring (bicyclic) bond motifs is 1. The molecular weight excluding hydrogens is 326 g/mol. The van der Waals surface area contributed by atoms with Crippen molar-refractivity contribution >= 4 is 29.0 Å². The van der Waals surface area contributed by atoms with Crippen LogP contribution in [0, 0.1) is 0 Å². The molecule has 4 rings (SSSR count). The molecule has 25 heavy (non-hydrogen) atoms. The number of H-pyrrole nitrogens is 1. The molecule has 0 radical (unpaired) electrons. The van der Waals surface area contributed by atoms with Gasteiger partial charge in [-0.25, -0.2) is 19.7 Å². The second kappa shape index (κ2) is 6.54. The van der Waals surface area contributed by atoms with Crippen LogP contribution in [0.4, 0.5) is 10.6 Å². The molecule has 4 heterocycles. The van der Waals surface area contributed by atoms with Crippen LogP contribution >= 0.6 is 0 Å². The van der Waals surface area contributed by atoms with Crippen molar-refractivity contribution in [3.8, 4) is 0 Å². The number of rotatable bonds is 3. The predicted octanol–water partition coefficient (Wildman–Crippen LogP) is -0.156. The molecule has 2 aromatic heterocycles. The number of nitrogens with zero attached hydrogens (tertiary/aromatic N) is 6. The van der Waals surface area contributed by atoms with E-state index in [9.17, 15) is 9.59 Å². The maximum absolute atomic E-state index is 12.5. The van der Waals surface area contributed by atoms with E-state index in [0.29, 0.717) is 38.4 Å². The second-order valence-corrected chi connectivity index (χ2v) is 6.06. The van der Waals surface area contributed by atoms with E-state index in [2.05, 4.69) is 24.8 Å². The molecule has 0 aliphatic carbocycles. The van der Waals surface area contributed by atoms with Gasteiger partial charge in [0, 0.05) is 26.2 Å². The van der Waals surface area contributed by atoms with Crippen LogP contribution in [0.2, 0.25) is 0 Å². The number of carbonyl (C=O) groups is 2. The molecule has 2 aliphatic heterocycles. The summed E-state index contributed by atoms with van der Waals surface area (Å²) in [5.74, 6) is 0.759. The van der Waals surface area contributed by atoms with Crippen LogP contribution in [-0.4, -0.2) is 87.6 Å². The van der Waals surface area contributed by atoms with Crippen LogP contribution in [0.3, 0.4) is 0 Å². The molecule has 2 amide bonds. The molecule has 1 N–H and O–H groups in total. The molecule has 132 valence electrons. The number of imidazole rings is 1. The lowest BCUT2D eigenvalue weighted by atomic mass is 10.3. The Kier molecular flexibility index (Phi) is 4.08. The van der Waals surface area contributed by atoms with Crippen molar-refractivity contribution < 1.29 is 14.3 Å². The molecule has 2 fully saturated rings. The van der Waals surface area contributed by atoms with E-state index in [0.717, 1.165) is 24.3 Å². The Hall–Kier alpha value is -2.91. The van der Waals surface area contributed by atoms with Gasteiger partial charge in [0.05, 0.1) is 12.9 Å². The number of cyclic esters (lactones) is 1. The van der Waals surface area contributed by atoms with Crippen molar-refractivity contribution in [1.29, 1.82) is 0 Å². The van der Waals surface area contributed by atoms with Crippen LogP contribution in [0.15, 0.2) is 12.7 Å². The quantitative estimate of drug-likeness (QED) is 0.824. The van der Waals surface area contributed by atoms with Gasteiger partial charge in [-0.15, -0.1) is 0 Å². The van der Waals surface area contributed by atoms with E-state index in [1.165, 1.54) is 11.2 Å². The van der Waals surface area contributed by atoms with Crippen LogP contribution < -0.4 is 4.90 Å². The Morgan fingerprint density at radius 3 is 2.92 bits per heavy atom. The topological polar surface area (TPSA) is 108 Å². The zero-order valence-electron chi connectivity index (χ0n) is 13.7. The van der Waals surface area contributed by atoms with Crippen LogP contribution in [-0.2, 0) is 9.53 Å². The Bertz CT molecular complexity index is 792. The first-order valence-electron chi connectivity index (χ1n) is 8.31. The molecule has 10 heteroatoms. The number of hydrogen-bond donors (Lipinski definition) is 1. The van der Waals surface area contributed by atoms with Crippen LogP contribution in [0.1, 0.15) is 6.42 Å². The van der Waals surface area contributed by atoms with Crippen molar-refractivity contribution in [2.24, 2.45) is 0 Å².